The number of carbonyl (C=O) groups is 1. The van der Waals surface area contributed by atoms with Crippen molar-refractivity contribution in [2.45, 2.75) is 0 Å². The molecule has 1 aliphatic heterocycles. The highest BCUT2D eigenvalue weighted by molar-refractivity contribution is 8.18. The van der Waals surface area contributed by atoms with Gasteiger partial charge in [0, 0.05) is 17.3 Å². The second-order valence-electron chi connectivity index (χ2n) is 7.57. The minimum atomic E-state index is -0.225. The van der Waals surface area contributed by atoms with Gasteiger partial charge in [-0.2, -0.15) is 10.2 Å². The fraction of sp³-hybridized carbons (Fsp3) is 0.0370. The molecule has 0 saturated carbocycles. The molecule has 1 aromatic heterocycles. The number of thioether (sulfide) groups is 1. The number of amidine groups is 1. The number of amides is 1. The molecule has 5 rings (SSSR count). The maximum Gasteiger partial charge on any atom is 0.264 e. The molecule has 0 bridgehead atoms. The van der Waals surface area contributed by atoms with Gasteiger partial charge in [-0.15, -0.1) is 5.10 Å². The second kappa shape index (κ2) is 10.2. The Morgan fingerprint density at radius 2 is 1.69 bits per heavy atom. The van der Waals surface area contributed by atoms with Crippen LogP contribution >= 0.6 is 11.8 Å². The summed E-state index contributed by atoms with van der Waals surface area (Å²) in [6.45, 7) is 0. The first kappa shape index (κ1) is 22.4. The summed E-state index contributed by atoms with van der Waals surface area (Å²) in [5.74, 6) is 0.538. The van der Waals surface area contributed by atoms with Crippen LogP contribution in [0.4, 0.5) is 0 Å². The number of nitrogens with one attached hydrogen (secondary N) is 1. The third-order valence-corrected chi connectivity index (χ3v) is 6.12. The number of aromatic nitrogens is 2. The van der Waals surface area contributed by atoms with E-state index >= 15 is 0 Å². The Balaban J connectivity index is 1.46. The van der Waals surface area contributed by atoms with E-state index in [1.54, 1.807) is 13.3 Å². The van der Waals surface area contributed by atoms with Gasteiger partial charge in [0.1, 0.15) is 5.75 Å². The second-order valence-corrected chi connectivity index (χ2v) is 8.60. The third-order valence-electron chi connectivity index (χ3n) is 5.22. The average Bonchev–Trinajstić information content (AvgIpc) is 3.48. The Labute approximate surface area is 206 Å². The van der Waals surface area contributed by atoms with Gasteiger partial charge < -0.3 is 4.74 Å². The van der Waals surface area contributed by atoms with Crippen molar-refractivity contribution in [1.29, 1.82) is 0 Å². The maximum atomic E-state index is 12.7. The van der Waals surface area contributed by atoms with Crippen LogP contribution in [0.25, 0.3) is 23.0 Å². The number of ether oxygens (including phenoxy) is 1. The zero-order valence-corrected chi connectivity index (χ0v) is 19.6. The normalized spacial score (nSPS) is 15.7. The number of para-hydroxylation sites is 1. The van der Waals surface area contributed by atoms with Gasteiger partial charge in [-0.25, -0.2) is 4.68 Å². The van der Waals surface area contributed by atoms with E-state index in [0.29, 0.717) is 10.1 Å². The van der Waals surface area contributed by atoms with E-state index in [2.05, 4.69) is 15.5 Å². The standard InChI is InChI=1S/C27H21N5O2S/c1-34-23-14-12-20(13-15-23)25-21(18-32(31-25)22-10-6-3-7-11-22)16-24-26(33)29-27(35-24)30-28-17-19-8-4-2-5-9-19/h2-18H,1H3,(H,29,30,33)/b24-16+,28-17+. The van der Waals surface area contributed by atoms with Crippen molar-refractivity contribution in [2.75, 3.05) is 7.11 Å². The average molecular weight is 480 g/mol. The predicted molar refractivity (Wildman–Crippen MR) is 141 cm³/mol. The molecule has 172 valence electrons. The number of methoxy groups -OCH3 is 1. The van der Waals surface area contributed by atoms with Crippen LogP contribution < -0.4 is 10.1 Å². The van der Waals surface area contributed by atoms with Crippen LogP contribution in [0.5, 0.6) is 5.75 Å². The van der Waals surface area contributed by atoms with E-state index in [0.717, 1.165) is 33.8 Å². The highest BCUT2D eigenvalue weighted by Crippen LogP contribution is 2.31. The molecule has 8 heteroatoms. The topological polar surface area (TPSA) is 80.9 Å². The first-order valence-electron chi connectivity index (χ1n) is 10.9. The fourth-order valence-electron chi connectivity index (χ4n) is 3.48. The molecule has 1 aliphatic rings. The molecular weight excluding hydrogens is 458 g/mol. The van der Waals surface area contributed by atoms with Gasteiger partial charge in [-0.05, 0) is 59.8 Å². The lowest BCUT2D eigenvalue weighted by molar-refractivity contribution is -0.115. The molecule has 1 fully saturated rings. The van der Waals surface area contributed by atoms with E-state index in [1.165, 1.54) is 11.8 Å². The number of hydrogen-bond acceptors (Lipinski definition) is 6. The Kier molecular flexibility index (Phi) is 6.54. The van der Waals surface area contributed by atoms with E-state index in [-0.39, 0.29) is 5.91 Å². The molecule has 1 amide bonds. The molecule has 7 nitrogen and oxygen atoms in total. The molecule has 1 saturated heterocycles. The van der Waals surface area contributed by atoms with Gasteiger partial charge in [-0.3, -0.25) is 10.1 Å². The molecule has 4 aromatic rings. The summed E-state index contributed by atoms with van der Waals surface area (Å²) in [5.41, 5.74) is 4.33. The van der Waals surface area contributed by atoms with Crippen molar-refractivity contribution >= 4 is 35.1 Å². The summed E-state index contributed by atoms with van der Waals surface area (Å²) in [4.78, 5) is 13.2. The first-order valence-corrected chi connectivity index (χ1v) is 11.7. The molecule has 0 atom stereocenters. The van der Waals surface area contributed by atoms with Crippen LogP contribution in [0.15, 0.2) is 106 Å². The maximum absolute atomic E-state index is 12.7. The van der Waals surface area contributed by atoms with Gasteiger partial charge in [0.25, 0.3) is 5.91 Å². The number of carbonyl (C=O) groups excluding carboxylic acids is 1. The monoisotopic (exact) mass is 479 g/mol. The van der Waals surface area contributed by atoms with Gasteiger partial charge in [-0.1, -0.05) is 48.5 Å². The highest BCUT2D eigenvalue weighted by atomic mass is 32.2. The van der Waals surface area contributed by atoms with Crippen LogP contribution in [0.1, 0.15) is 11.1 Å². The van der Waals surface area contributed by atoms with Crippen LogP contribution in [-0.2, 0) is 4.79 Å². The van der Waals surface area contributed by atoms with E-state index in [1.807, 2.05) is 102 Å². The first-order chi connectivity index (χ1) is 17.2. The molecule has 2 heterocycles. The van der Waals surface area contributed by atoms with Gasteiger partial charge in [0.15, 0.2) is 5.17 Å². The molecular formula is C27H21N5O2S. The number of nitrogens with zero attached hydrogens (tertiary/aromatic N) is 4. The van der Waals surface area contributed by atoms with Crippen molar-refractivity contribution in [3.05, 3.63) is 107 Å². The molecule has 0 unspecified atom stereocenters. The summed E-state index contributed by atoms with van der Waals surface area (Å²) >= 11 is 1.24. The summed E-state index contributed by atoms with van der Waals surface area (Å²) in [6.07, 6.45) is 5.39. The smallest absolute Gasteiger partial charge is 0.264 e. The SMILES string of the molecule is COc1ccc(-c2nn(-c3ccccc3)cc2/C=C2/S/C(=N/N=C/c3ccccc3)NC2=O)cc1. The Morgan fingerprint density at radius 1 is 0.971 bits per heavy atom. The summed E-state index contributed by atoms with van der Waals surface area (Å²) in [5, 5.41) is 16.3. The Hall–Kier alpha value is -4.43. The lowest BCUT2D eigenvalue weighted by Gasteiger charge is -2.03. The summed E-state index contributed by atoms with van der Waals surface area (Å²) < 4.78 is 7.09. The van der Waals surface area contributed by atoms with Gasteiger partial charge in [0.2, 0.25) is 0 Å². The van der Waals surface area contributed by atoms with Crippen LogP contribution in [0.3, 0.4) is 0 Å². The number of benzene rings is 3. The largest absolute Gasteiger partial charge is 0.497 e. The molecule has 1 N–H and O–H groups in total. The summed E-state index contributed by atoms with van der Waals surface area (Å²) in [7, 11) is 1.63. The van der Waals surface area contributed by atoms with Gasteiger partial charge >= 0.3 is 0 Å². The van der Waals surface area contributed by atoms with Crippen molar-refractivity contribution in [2.24, 2.45) is 10.2 Å². The van der Waals surface area contributed by atoms with Crippen molar-refractivity contribution in [3.63, 3.8) is 0 Å². The number of hydrogen-bond donors (Lipinski definition) is 1. The molecule has 35 heavy (non-hydrogen) atoms. The van der Waals surface area contributed by atoms with E-state index < -0.39 is 0 Å². The summed E-state index contributed by atoms with van der Waals surface area (Å²) in [6, 6.07) is 27.2. The van der Waals surface area contributed by atoms with Crippen LogP contribution in [-0.4, -0.2) is 34.2 Å². The van der Waals surface area contributed by atoms with E-state index in [9.17, 15) is 4.79 Å². The zero-order chi connectivity index (χ0) is 24.0. The van der Waals surface area contributed by atoms with Crippen molar-refractivity contribution in [1.82, 2.24) is 15.1 Å². The highest BCUT2D eigenvalue weighted by Gasteiger charge is 2.25. The van der Waals surface area contributed by atoms with Crippen molar-refractivity contribution < 1.29 is 9.53 Å². The zero-order valence-electron chi connectivity index (χ0n) is 18.8. The minimum absolute atomic E-state index is 0.225. The predicted octanol–water partition coefficient (Wildman–Crippen LogP) is 5.14. The van der Waals surface area contributed by atoms with Crippen LogP contribution in [0, 0.1) is 0 Å². The lowest BCUT2D eigenvalue weighted by Crippen LogP contribution is -2.19. The molecule has 0 spiro atoms. The minimum Gasteiger partial charge on any atom is -0.497 e. The Bertz CT molecular complexity index is 1430. The van der Waals surface area contributed by atoms with Gasteiger partial charge in [0.05, 0.1) is 29.6 Å². The van der Waals surface area contributed by atoms with E-state index in [4.69, 9.17) is 9.84 Å². The quantitative estimate of drug-likeness (QED) is 0.236. The third kappa shape index (κ3) is 5.23. The number of rotatable bonds is 6. The van der Waals surface area contributed by atoms with Crippen LogP contribution in [0.2, 0.25) is 0 Å². The lowest BCUT2D eigenvalue weighted by atomic mass is 10.1. The molecule has 3 aromatic carbocycles. The molecule has 0 radical (unpaired) electrons. The van der Waals surface area contributed by atoms with Crippen molar-refractivity contribution in [3.8, 4) is 22.7 Å². The fourth-order valence-corrected chi connectivity index (χ4v) is 4.25. The molecule has 0 aliphatic carbocycles. The Morgan fingerprint density at radius 3 is 2.40 bits per heavy atom.